The number of piperidine rings is 1. The Kier molecular flexibility index (Phi) is 8.20. The first-order chi connectivity index (χ1) is 15.8. The molecule has 1 aromatic carbocycles. The van der Waals surface area contributed by atoms with E-state index in [-0.39, 0.29) is 36.7 Å². The maximum atomic E-state index is 12.8. The molecule has 174 valence electrons. The highest BCUT2D eigenvalue weighted by atomic mass is 35.5. The second-order valence-corrected chi connectivity index (χ2v) is 8.40. The number of pyridine rings is 1. The first-order valence-corrected chi connectivity index (χ1v) is 10.9. The van der Waals surface area contributed by atoms with Gasteiger partial charge in [-0.3, -0.25) is 29.4 Å². The number of aromatic nitrogens is 1. The van der Waals surface area contributed by atoms with E-state index in [1.807, 2.05) is 18.2 Å². The smallest absolute Gasteiger partial charge is 0.408 e. The van der Waals surface area contributed by atoms with Crippen LogP contribution < -0.4 is 0 Å². The molecule has 1 aliphatic heterocycles. The van der Waals surface area contributed by atoms with Crippen molar-refractivity contribution in [1.82, 2.24) is 14.9 Å². The molecule has 13 heteroatoms. The zero-order valence-corrected chi connectivity index (χ0v) is 18.6. The molecule has 1 fully saturated rings. The van der Waals surface area contributed by atoms with E-state index in [0.717, 1.165) is 21.7 Å². The number of carbonyl (C=O) groups is 3. The van der Waals surface area contributed by atoms with Crippen molar-refractivity contribution in [2.45, 2.75) is 36.6 Å². The second-order valence-electron chi connectivity index (χ2n) is 7.05. The van der Waals surface area contributed by atoms with Crippen LogP contribution in [0.2, 0.25) is 0 Å². The molecule has 0 unspecified atom stereocenters. The summed E-state index contributed by atoms with van der Waals surface area (Å²) in [6.07, 6.45) is 0.0999. The predicted molar refractivity (Wildman–Crippen MR) is 118 cm³/mol. The molecule has 11 nitrogen and oxygen atoms in total. The minimum absolute atomic E-state index is 0.0624. The normalized spacial score (nSPS) is 17.9. The van der Waals surface area contributed by atoms with Crippen molar-refractivity contribution in [2.75, 3.05) is 6.54 Å². The van der Waals surface area contributed by atoms with Gasteiger partial charge in [-0.1, -0.05) is 30.3 Å². The summed E-state index contributed by atoms with van der Waals surface area (Å²) in [7, 11) is 0. The maximum absolute atomic E-state index is 12.8. The van der Waals surface area contributed by atoms with Gasteiger partial charge >= 0.3 is 11.5 Å². The van der Waals surface area contributed by atoms with Crippen molar-refractivity contribution in [3.8, 4) is 0 Å². The lowest BCUT2D eigenvalue weighted by Gasteiger charge is -2.40. The number of hydroxylamine groups is 2. The quantitative estimate of drug-likeness (QED) is 0.199. The van der Waals surface area contributed by atoms with Gasteiger partial charge in [-0.25, -0.2) is 14.8 Å². The molecule has 0 saturated carbocycles. The molecule has 2 atom stereocenters. The zero-order chi connectivity index (χ0) is 24.0. The molecule has 1 aliphatic rings. The van der Waals surface area contributed by atoms with Gasteiger partial charge in [-0.05, 0) is 47.8 Å². The average molecular weight is 495 g/mol. The molecule has 1 saturated heterocycles. The van der Waals surface area contributed by atoms with Crippen LogP contribution in [-0.2, 0) is 16.2 Å². The number of hydrogen-bond donors (Lipinski definition) is 1. The van der Waals surface area contributed by atoms with Crippen molar-refractivity contribution in [3.63, 3.8) is 0 Å². The average Bonchev–Trinajstić information content (AvgIpc) is 2.79. The van der Waals surface area contributed by atoms with Gasteiger partial charge in [0, 0.05) is 12.6 Å². The second kappa shape index (κ2) is 11.1. The highest BCUT2D eigenvalue weighted by Gasteiger charge is 2.40. The molecule has 33 heavy (non-hydrogen) atoms. The minimum atomic E-state index is -1.33. The van der Waals surface area contributed by atoms with E-state index in [0.29, 0.717) is 11.8 Å². The van der Waals surface area contributed by atoms with Crippen LogP contribution in [0.25, 0.3) is 0 Å². The van der Waals surface area contributed by atoms with Gasteiger partial charge in [0.1, 0.15) is 23.9 Å². The largest absolute Gasteiger partial charge is 0.465 e. The third-order valence-corrected chi connectivity index (χ3v) is 6.02. The Hall–Kier alpha value is -3.22. The lowest BCUT2D eigenvalue weighted by atomic mass is 9.99. The Balaban J connectivity index is 1.66. The molecule has 0 aliphatic carbocycles. The first-order valence-electron chi connectivity index (χ1n) is 9.73. The topological polar surface area (TPSA) is 143 Å². The van der Waals surface area contributed by atoms with Crippen LogP contribution in [0.1, 0.15) is 18.4 Å². The first kappa shape index (κ1) is 24.4. The third kappa shape index (κ3) is 6.40. The SMILES string of the molecule is O=C(Sc1ccc([N+](=O)[O-])cn1)[C@@H]1CC[C@@H](N(OCc2ccccc2)C(=O)Cl)CN1C(=O)O. The van der Waals surface area contributed by atoms with E-state index in [4.69, 9.17) is 16.4 Å². The van der Waals surface area contributed by atoms with Gasteiger partial charge in [0.2, 0.25) is 5.12 Å². The van der Waals surface area contributed by atoms with Crippen LogP contribution in [0.4, 0.5) is 15.3 Å². The number of benzene rings is 1. The molecular weight excluding hydrogens is 476 g/mol. The van der Waals surface area contributed by atoms with Crippen LogP contribution in [0.3, 0.4) is 0 Å². The van der Waals surface area contributed by atoms with Gasteiger partial charge < -0.3 is 5.11 Å². The summed E-state index contributed by atoms with van der Waals surface area (Å²) in [4.78, 5) is 57.1. The minimum Gasteiger partial charge on any atom is -0.465 e. The number of nitro groups is 1. The Morgan fingerprint density at radius 3 is 2.55 bits per heavy atom. The molecular formula is C20H19ClN4O7S. The fraction of sp³-hybridized carbons (Fsp3) is 0.300. The van der Waals surface area contributed by atoms with E-state index in [1.54, 1.807) is 12.1 Å². The lowest BCUT2D eigenvalue weighted by molar-refractivity contribution is -0.385. The van der Waals surface area contributed by atoms with Crippen LogP contribution >= 0.6 is 23.4 Å². The summed E-state index contributed by atoms with van der Waals surface area (Å²) in [5.41, 5.74) is 0.576. The Labute approximate surface area is 197 Å². The number of hydrogen-bond acceptors (Lipinski definition) is 8. The van der Waals surface area contributed by atoms with Crippen LogP contribution in [0.5, 0.6) is 0 Å². The van der Waals surface area contributed by atoms with Gasteiger partial charge in [0.05, 0.1) is 11.0 Å². The number of thioether (sulfide) groups is 1. The summed E-state index contributed by atoms with van der Waals surface area (Å²) < 4.78 is 0. The van der Waals surface area contributed by atoms with Crippen LogP contribution in [0.15, 0.2) is 53.7 Å². The predicted octanol–water partition coefficient (Wildman–Crippen LogP) is 3.91. The number of halogens is 1. The number of carbonyl (C=O) groups excluding carboxylic acids is 2. The van der Waals surface area contributed by atoms with Crippen molar-refractivity contribution in [2.24, 2.45) is 0 Å². The van der Waals surface area contributed by atoms with Crippen molar-refractivity contribution in [1.29, 1.82) is 0 Å². The Morgan fingerprint density at radius 2 is 1.97 bits per heavy atom. The molecule has 3 rings (SSSR count). The van der Waals surface area contributed by atoms with Crippen molar-refractivity contribution in [3.05, 3.63) is 64.3 Å². The summed E-state index contributed by atoms with van der Waals surface area (Å²) in [5.74, 6) is 0. The van der Waals surface area contributed by atoms with Gasteiger partial charge in [0.15, 0.2) is 0 Å². The van der Waals surface area contributed by atoms with Crippen molar-refractivity contribution < 1.29 is 29.3 Å². The van der Waals surface area contributed by atoms with E-state index in [1.165, 1.54) is 12.1 Å². The van der Waals surface area contributed by atoms with E-state index >= 15 is 0 Å². The maximum Gasteiger partial charge on any atom is 0.408 e. The van der Waals surface area contributed by atoms with Gasteiger partial charge in [-0.15, -0.1) is 0 Å². The molecule has 2 aromatic rings. The van der Waals surface area contributed by atoms with Gasteiger partial charge in [-0.2, -0.15) is 0 Å². The number of likely N-dealkylation sites (tertiary alicyclic amines) is 1. The number of rotatable bonds is 7. The van der Waals surface area contributed by atoms with Crippen LogP contribution in [-0.4, -0.2) is 60.2 Å². The third-order valence-electron chi connectivity index (χ3n) is 4.93. The Morgan fingerprint density at radius 1 is 1.24 bits per heavy atom. The molecule has 0 bridgehead atoms. The van der Waals surface area contributed by atoms with E-state index in [2.05, 4.69) is 4.98 Å². The molecule has 2 heterocycles. The summed E-state index contributed by atoms with van der Waals surface area (Å²) >= 11 is 6.38. The fourth-order valence-electron chi connectivity index (χ4n) is 3.33. The molecule has 2 amide bonds. The highest BCUT2D eigenvalue weighted by Crippen LogP contribution is 2.29. The fourth-order valence-corrected chi connectivity index (χ4v) is 4.35. The summed E-state index contributed by atoms with van der Waals surface area (Å²) in [6.45, 7) is -0.111. The molecule has 0 radical (unpaired) electrons. The molecule has 1 aromatic heterocycles. The number of nitrogens with zero attached hydrogens (tertiary/aromatic N) is 4. The standard InChI is InChI=1S/C20H19ClN4O7S/c21-19(27)24(32-12-13-4-2-1-3-5-13)15-6-8-16(23(11-15)20(28)29)18(26)33-17-9-7-14(10-22-17)25(30)31/h1-5,7,9-10,15-16H,6,8,11-12H2,(H,28,29)/t15-,16+/m1/s1. The molecule has 0 spiro atoms. The van der Waals surface area contributed by atoms with E-state index < -0.39 is 33.6 Å². The van der Waals surface area contributed by atoms with Gasteiger partial charge in [0.25, 0.3) is 5.69 Å². The number of amides is 2. The summed E-state index contributed by atoms with van der Waals surface area (Å²) in [6, 6.07) is 9.94. The van der Waals surface area contributed by atoms with Crippen LogP contribution in [0, 0.1) is 10.1 Å². The van der Waals surface area contributed by atoms with E-state index in [9.17, 15) is 29.6 Å². The molecule has 1 N–H and O–H groups in total. The number of carboxylic acid groups (broad SMARTS) is 1. The monoisotopic (exact) mass is 494 g/mol. The summed E-state index contributed by atoms with van der Waals surface area (Å²) in [5, 5.41) is 20.2. The zero-order valence-electron chi connectivity index (χ0n) is 17.1. The lowest BCUT2D eigenvalue weighted by Crippen LogP contribution is -2.56. The highest BCUT2D eigenvalue weighted by molar-refractivity contribution is 8.13. The van der Waals surface area contributed by atoms with Crippen molar-refractivity contribution >= 4 is 45.6 Å². The Bertz CT molecular complexity index is 1020.